The van der Waals surface area contributed by atoms with E-state index in [-0.39, 0.29) is 34.9 Å². The number of halogens is 3. The van der Waals surface area contributed by atoms with Crippen molar-refractivity contribution in [1.82, 2.24) is 8.87 Å². The molecule has 204 valence electrons. The van der Waals surface area contributed by atoms with E-state index in [0.717, 1.165) is 28.2 Å². The van der Waals surface area contributed by atoms with Gasteiger partial charge in [0.2, 0.25) is 0 Å². The molecule has 0 saturated heterocycles. The molecule has 2 aromatic heterocycles. The Kier molecular flexibility index (Phi) is 6.62. The van der Waals surface area contributed by atoms with Gasteiger partial charge < -0.3 is 18.5 Å². The van der Waals surface area contributed by atoms with Crippen LogP contribution in [0.1, 0.15) is 36.3 Å². The van der Waals surface area contributed by atoms with Crippen molar-refractivity contribution in [1.29, 1.82) is 0 Å². The zero-order chi connectivity index (χ0) is 28.1. The summed E-state index contributed by atoms with van der Waals surface area (Å²) in [6.45, 7) is 3.16. The Labute approximate surface area is 220 Å². The summed E-state index contributed by atoms with van der Waals surface area (Å²) in [4.78, 5) is 25.3. The fraction of sp³-hybridized carbons (Fsp3) is 0.231. The maximum Gasteiger partial charge on any atom is 0.521 e. The van der Waals surface area contributed by atoms with Crippen LogP contribution in [-0.2, 0) is 16.4 Å². The number of hydrogen-bond acceptors (Lipinski definition) is 7. The van der Waals surface area contributed by atoms with Crippen LogP contribution in [0.3, 0.4) is 0 Å². The lowest BCUT2D eigenvalue weighted by Gasteiger charge is -2.26. The highest BCUT2D eigenvalue weighted by atomic mass is 32.2. The summed E-state index contributed by atoms with van der Waals surface area (Å²) < 4.78 is 85.5. The fourth-order valence-electron chi connectivity index (χ4n) is 4.78. The van der Waals surface area contributed by atoms with Crippen LogP contribution in [0, 0.1) is 24.4 Å². The van der Waals surface area contributed by atoms with Gasteiger partial charge in [-0.05, 0) is 61.2 Å². The molecule has 0 saturated carbocycles. The Hall–Kier alpha value is -4.26. The number of carbonyl (C=O) groups is 1. The lowest BCUT2D eigenvalue weighted by Crippen LogP contribution is -2.36. The third kappa shape index (κ3) is 4.62. The van der Waals surface area contributed by atoms with Gasteiger partial charge in [-0.15, -0.1) is 0 Å². The van der Waals surface area contributed by atoms with E-state index in [9.17, 15) is 26.8 Å². The molecule has 13 heteroatoms. The van der Waals surface area contributed by atoms with Crippen molar-refractivity contribution in [3.05, 3.63) is 93.6 Å². The van der Waals surface area contributed by atoms with Gasteiger partial charge >= 0.3 is 17.9 Å². The predicted molar refractivity (Wildman–Crippen MR) is 130 cm³/mol. The maximum atomic E-state index is 15.0. The molecule has 2 aromatic carbocycles. The largest absolute Gasteiger partial charge is 0.521 e. The average Bonchev–Trinajstić information content (AvgIpc) is 3.54. The van der Waals surface area contributed by atoms with Crippen LogP contribution in [-0.4, -0.2) is 29.9 Å². The summed E-state index contributed by atoms with van der Waals surface area (Å²) >= 11 is 0. The van der Waals surface area contributed by atoms with Crippen molar-refractivity contribution in [2.45, 2.75) is 37.6 Å². The predicted octanol–water partition coefficient (Wildman–Crippen LogP) is 5.17. The van der Waals surface area contributed by atoms with E-state index in [1.54, 1.807) is 6.92 Å². The van der Waals surface area contributed by atoms with Crippen LogP contribution in [0.2, 0.25) is 0 Å². The zero-order valence-corrected chi connectivity index (χ0v) is 21.4. The quantitative estimate of drug-likeness (QED) is 0.319. The summed E-state index contributed by atoms with van der Waals surface area (Å²) in [6.07, 6.45) is 0.933. The Bertz CT molecular complexity index is 1760. The van der Waals surface area contributed by atoms with Crippen LogP contribution in [0.25, 0.3) is 11.3 Å². The molecule has 1 atom stereocenters. The normalized spacial score (nSPS) is 14.8. The Morgan fingerprint density at radius 1 is 1.13 bits per heavy atom. The van der Waals surface area contributed by atoms with Gasteiger partial charge in [0, 0.05) is 31.3 Å². The van der Waals surface area contributed by atoms with Gasteiger partial charge in [0.1, 0.15) is 17.5 Å². The smallest absolute Gasteiger partial charge is 0.392 e. The first-order valence-corrected chi connectivity index (χ1v) is 13.2. The molecule has 0 spiro atoms. The molecule has 9 nitrogen and oxygen atoms in total. The van der Waals surface area contributed by atoms with Gasteiger partial charge in [0.25, 0.3) is 10.0 Å². The average molecular weight is 563 g/mol. The molecule has 5 rings (SSSR count). The monoisotopic (exact) mass is 562 g/mol. The number of carbonyl (C=O) groups excluding carboxylic acids is 1. The highest BCUT2D eigenvalue weighted by Gasteiger charge is 2.38. The molecule has 0 N–H and O–H groups in total. The van der Waals surface area contributed by atoms with E-state index in [2.05, 4.69) is 0 Å². The molecule has 0 aliphatic heterocycles. The van der Waals surface area contributed by atoms with Gasteiger partial charge in [-0.3, -0.25) is 0 Å². The van der Waals surface area contributed by atoms with Crippen molar-refractivity contribution in [3.8, 4) is 17.2 Å². The highest BCUT2D eigenvalue weighted by Crippen LogP contribution is 2.44. The number of aryl methyl sites for hydroxylation is 1. The number of benzene rings is 2. The summed E-state index contributed by atoms with van der Waals surface area (Å²) in [7, 11) is -4.45. The molecule has 4 aromatic rings. The minimum absolute atomic E-state index is 0.0436. The molecule has 1 unspecified atom stereocenters. The topological polar surface area (TPSA) is 112 Å². The summed E-state index contributed by atoms with van der Waals surface area (Å²) in [6, 6.07) is 6.40. The third-order valence-corrected chi connectivity index (χ3v) is 8.16. The minimum atomic E-state index is -4.45. The maximum absolute atomic E-state index is 15.0. The number of rotatable bonds is 6. The molecule has 1 aliphatic rings. The van der Waals surface area contributed by atoms with Crippen LogP contribution >= 0.6 is 0 Å². The molecule has 1 aliphatic carbocycles. The van der Waals surface area contributed by atoms with Crippen molar-refractivity contribution < 1.29 is 40.0 Å². The molecule has 0 radical (unpaired) electrons. The van der Waals surface area contributed by atoms with Gasteiger partial charge in [-0.25, -0.2) is 35.2 Å². The molecular formula is C26H21F3N2O7S. The Balaban J connectivity index is 1.64. The Morgan fingerprint density at radius 3 is 2.51 bits per heavy atom. The summed E-state index contributed by atoms with van der Waals surface area (Å²) in [5, 5.41) is 0. The number of nitrogens with zero attached hydrogens (tertiary/aromatic N) is 2. The van der Waals surface area contributed by atoms with E-state index in [1.165, 1.54) is 30.2 Å². The number of ether oxygens (including phenoxy) is 1. The second kappa shape index (κ2) is 9.80. The van der Waals surface area contributed by atoms with Gasteiger partial charge in [0.05, 0.1) is 16.6 Å². The second-order valence-corrected chi connectivity index (χ2v) is 10.6. The molecule has 1 amide bonds. The summed E-state index contributed by atoms with van der Waals surface area (Å²) in [5.74, 6) is -4.14. The Morgan fingerprint density at radius 2 is 1.87 bits per heavy atom. The van der Waals surface area contributed by atoms with Crippen molar-refractivity contribution in [2.24, 2.45) is 0 Å². The molecule has 0 fully saturated rings. The first-order valence-electron chi connectivity index (χ1n) is 11.8. The van der Waals surface area contributed by atoms with Crippen LogP contribution in [0.15, 0.2) is 67.2 Å². The van der Waals surface area contributed by atoms with Crippen molar-refractivity contribution in [2.75, 3.05) is 6.54 Å². The highest BCUT2D eigenvalue weighted by molar-refractivity contribution is 7.90. The number of amides is 1. The lowest BCUT2D eigenvalue weighted by atomic mass is 10.1. The second-order valence-electron chi connectivity index (χ2n) is 8.80. The van der Waals surface area contributed by atoms with E-state index in [1.807, 2.05) is 0 Å². The van der Waals surface area contributed by atoms with E-state index < -0.39 is 51.4 Å². The van der Waals surface area contributed by atoms with Crippen LogP contribution in [0.4, 0.5) is 18.0 Å². The van der Waals surface area contributed by atoms with Crippen molar-refractivity contribution in [3.63, 3.8) is 0 Å². The number of hydrogen-bond donors (Lipinski definition) is 0. The molecular weight excluding hydrogens is 541 g/mol. The molecule has 39 heavy (non-hydrogen) atoms. The van der Waals surface area contributed by atoms with Crippen molar-refractivity contribution >= 4 is 16.1 Å². The summed E-state index contributed by atoms with van der Waals surface area (Å²) in [5.41, 5.74) is 0.565. The van der Waals surface area contributed by atoms with Gasteiger partial charge in [-0.1, -0.05) is 6.07 Å². The first-order chi connectivity index (χ1) is 18.5. The first kappa shape index (κ1) is 26.4. The van der Waals surface area contributed by atoms with Gasteiger partial charge in [0.15, 0.2) is 5.76 Å². The van der Waals surface area contributed by atoms with E-state index in [4.69, 9.17) is 13.6 Å². The standard InChI is InChI=1S/C26H21F3N2O7S/c1-3-30(25(32)37-24-14(2)36-26(33)38-24)22-10-9-18-20(22)13-31(23(18)19-8-7-16(28)12-21(19)29)39(34,35)17-6-4-5-15(27)11-17/h4-8,11-13,22H,3,9-10H2,1-2H3. The van der Waals surface area contributed by atoms with Crippen LogP contribution < -0.4 is 10.6 Å². The fourth-order valence-corrected chi connectivity index (χ4v) is 6.22. The number of fused-ring (bicyclic) bond motifs is 1. The van der Waals surface area contributed by atoms with E-state index in [0.29, 0.717) is 23.6 Å². The minimum Gasteiger partial charge on any atom is -0.392 e. The third-order valence-electron chi connectivity index (χ3n) is 6.51. The molecule has 0 bridgehead atoms. The lowest BCUT2D eigenvalue weighted by molar-refractivity contribution is 0.123. The van der Waals surface area contributed by atoms with E-state index >= 15 is 4.39 Å². The SMILES string of the molecule is CCN(C(=O)Oc1oc(=O)oc1C)C1CCc2c1cn(S(=O)(=O)c1cccc(F)c1)c2-c1ccc(F)cc1F. The zero-order valence-electron chi connectivity index (χ0n) is 20.6. The molecule has 2 heterocycles. The van der Waals surface area contributed by atoms with Crippen LogP contribution in [0.5, 0.6) is 5.95 Å². The number of aromatic nitrogens is 1. The van der Waals surface area contributed by atoms with Gasteiger partial charge in [-0.2, -0.15) is 0 Å².